The Labute approximate surface area is 94.8 Å². The second-order valence-electron chi connectivity index (χ2n) is 4.79. The molecule has 0 spiro atoms. The quantitative estimate of drug-likeness (QED) is 0.656. The van der Waals surface area contributed by atoms with Gasteiger partial charge in [0.1, 0.15) is 0 Å². The Morgan fingerprint density at radius 1 is 1.20 bits per heavy atom. The van der Waals surface area contributed by atoms with Crippen molar-refractivity contribution in [1.82, 2.24) is 5.32 Å². The molecule has 0 saturated heterocycles. The Bertz CT molecular complexity index is 149. The van der Waals surface area contributed by atoms with E-state index in [4.69, 9.17) is 4.74 Å². The summed E-state index contributed by atoms with van der Waals surface area (Å²) in [7, 11) is 0. The number of hydrogen-bond acceptors (Lipinski definition) is 2. The first-order valence-corrected chi connectivity index (χ1v) is 6.65. The monoisotopic (exact) mass is 213 g/mol. The van der Waals surface area contributed by atoms with Crippen LogP contribution in [0.4, 0.5) is 0 Å². The number of unbranched alkanes of at least 4 members (excludes halogenated alkanes) is 1. The number of ether oxygens (including phenoxy) is 1. The fourth-order valence-corrected chi connectivity index (χ4v) is 2.28. The summed E-state index contributed by atoms with van der Waals surface area (Å²) >= 11 is 0. The summed E-state index contributed by atoms with van der Waals surface area (Å²) in [5, 5.41) is 3.62. The molecule has 1 saturated carbocycles. The smallest absolute Gasteiger partial charge is 0.0591 e. The minimum atomic E-state index is 0.744. The van der Waals surface area contributed by atoms with Crippen LogP contribution in [0.3, 0.4) is 0 Å². The zero-order valence-corrected chi connectivity index (χ0v) is 10.4. The maximum Gasteiger partial charge on any atom is 0.0591 e. The first kappa shape index (κ1) is 13.0. The standard InChI is InChI=1S/C13H27NO/c1-3-4-10-15-11-9-14-13-8-6-5-7-12(13)2/h12-14H,3-11H2,1-2H3. The van der Waals surface area contributed by atoms with E-state index in [2.05, 4.69) is 19.2 Å². The van der Waals surface area contributed by atoms with Crippen LogP contribution in [0, 0.1) is 5.92 Å². The summed E-state index contributed by atoms with van der Waals surface area (Å²) in [4.78, 5) is 0. The number of rotatable bonds is 7. The van der Waals surface area contributed by atoms with Crippen molar-refractivity contribution in [3.8, 4) is 0 Å². The van der Waals surface area contributed by atoms with Crippen LogP contribution in [0.5, 0.6) is 0 Å². The first-order chi connectivity index (χ1) is 7.34. The molecule has 0 heterocycles. The zero-order valence-electron chi connectivity index (χ0n) is 10.4. The highest BCUT2D eigenvalue weighted by Gasteiger charge is 2.19. The van der Waals surface area contributed by atoms with E-state index in [0.29, 0.717) is 0 Å². The van der Waals surface area contributed by atoms with Gasteiger partial charge in [0.2, 0.25) is 0 Å². The summed E-state index contributed by atoms with van der Waals surface area (Å²) in [6.45, 7) is 7.40. The lowest BCUT2D eigenvalue weighted by atomic mass is 9.86. The van der Waals surface area contributed by atoms with Crippen LogP contribution < -0.4 is 5.32 Å². The van der Waals surface area contributed by atoms with Gasteiger partial charge in [0.15, 0.2) is 0 Å². The molecule has 2 atom stereocenters. The van der Waals surface area contributed by atoms with Crippen LogP contribution in [0.1, 0.15) is 52.4 Å². The highest BCUT2D eigenvalue weighted by Crippen LogP contribution is 2.23. The van der Waals surface area contributed by atoms with Crippen molar-refractivity contribution >= 4 is 0 Å². The molecule has 0 bridgehead atoms. The van der Waals surface area contributed by atoms with Crippen molar-refractivity contribution in [1.29, 1.82) is 0 Å². The molecule has 0 aromatic carbocycles. The molecule has 90 valence electrons. The largest absolute Gasteiger partial charge is 0.380 e. The topological polar surface area (TPSA) is 21.3 Å². The number of nitrogens with one attached hydrogen (secondary N) is 1. The van der Waals surface area contributed by atoms with E-state index in [-0.39, 0.29) is 0 Å². The maximum atomic E-state index is 5.54. The highest BCUT2D eigenvalue weighted by atomic mass is 16.5. The third-order valence-electron chi connectivity index (χ3n) is 3.41. The summed E-state index contributed by atoms with van der Waals surface area (Å²) in [6.07, 6.45) is 8.00. The van der Waals surface area contributed by atoms with E-state index in [1.54, 1.807) is 0 Å². The van der Waals surface area contributed by atoms with Gasteiger partial charge < -0.3 is 10.1 Å². The van der Waals surface area contributed by atoms with Crippen LogP contribution in [-0.2, 0) is 4.74 Å². The molecular formula is C13H27NO. The molecule has 2 unspecified atom stereocenters. The molecule has 1 N–H and O–H groups in total. The number of hydrogen-bond donors (Lipinski definition) is 1. The van der Waals surface area contributed by atoms with Crippen LogP contribution in [0.25, 0.3) is 0 Å². The lowest BCUT2D eigenvalue weighted by Gasteiger charge is -2.29. The Morgan fingerprint density at radius 2 is 2.00 bits per heavy atom. The molecule has 0 amide bonds. The van der Waals surface area contributed by atoms with E-state index in [1.807, 2.05) is 0 Å². The predicted octanol–water partition coefficient (Wildman–Crippen LogP) is 2.97. The van der Waals surface area contributed by atoms with E-state index in [9.17, 15) is 0 Å². The molecule has 15 heavy (non-hydrogen) atoms. The van der Waals surface area contributed by atoms with Crippen molar-refractivity contribution < 1.29 is 4.74 Å². The highest BCUT2D eigenvalue weighted by molar-refractivity contribution is 4.77. The fraction of sp³-hybridized carbons (Fsp3) is 1.00. The van der Waals surface area contributed by atoms with Gasteiger partial charge in [-0.05, 0) is 25.2 Å². The van der Waals surface area contributed by atoms with E-state index >= 15 is 0 Å². The van der Waals surface area contributed by atoms with Gasteiger partial charge in [-0.15, -0.1) is 0 Å². The maximum absolute atomic E-state index is 5.54. The Hall–Kier alpha value is -0.0800. The van der Waals surface area contributed by atoms with Crippen molar-refractivity contribution in [2.75, 3.05) is 19.8 Å². The fourth-order valence-electron chi connectivity index (χ4n) is 2.28. The molecule has 0 aromatic heterocycles. The normalized spacial score (nSPS) is 26.8. The predicted molar refractivity (Wildman–Crippen MR) is 65.1 cm³/mol. The summed E-state index contributed by atoms with van der Waals surface area (Å²) in [6, 6.07) is 0.744. The van der Waals surface area contributed by atoms with Crippen molar-refractivity contribution in [2.24, 2.45) is 5.92 Å². The third-order valence-corrected chi connectivity index (χ3v) is 3.41. The average molecular weight is 213 g/mol. The second-order valence-corrected chi connectivity index (χ2v) is 4.79. The van der Waals surface area contributed by atoms with Gasteiger partial charge in [-0.1, -0.05) is 33.1 Å². The third kappa shape index (κ3) is 5.53. The summed E-state index contributed by atoms with van der Waals surface area (Å²) in [5.74, 6) is 0.856. The molecule has 2 nitrogen and oxygen atoms in total. The first-order valence-electron chi connectivity index (χ1n) is 6.65. The SMILES string of the molecule is CCCCOCCNC1CCCCC1C. The molecule has 1 aliphatic rings. The summed E-state index contributed by atoms with van der Waals surface area (Å²) in [5.41, 5.74) is 0. The minimum Gasteiger partial charge on any atom is -0.380 e. The van der Waals surface area contributed by atoms with Crippen LogP contribution in [0.15, 0.2) is 0 Å². The summed E-state index contributed by atoms with van der Waals surface area (Å²) < 4.78 is 5.54. The van der Waals surface area contributed by atoms with Gasteiger partial charge in [0.25, 0.3) is 0 Å². The Kier molecular flexibility index (Phi) is 7.03. The van der Waals surface area contributed by atoms with E-state index < -0.39 is 0 Å². The molecule has 0 aromatic rings. The van der Waals surface area contributed by atoms with Crippen molar-refractivity contribution in [2.45, 2.75) is 58.4 Å². The van der Waals surface area contributed by atoms with Crippen LogP contribution in [0.2, 0.25) is 0 Å². The lowest BCUT2D eigenvalue weighted by Crippen LogP contribution is -2.38. The van der Waals surface area contributed by atoms with Gasteiger partial charge in [-0.25, -0.2) is 0 Å². The molecule has 1 rings (SSSR count). The van der Waals surface area contributed by atoms with E-state index in [0.717, 1.165) is 31.7 Å². The molecular weight excluding hydrogens is 186 g/mol. The molecule has 0 aliphatic heterocycles. The van der Waals surface area contributed by atoms with Gasteiger partial charge in [-0.3, -0.25) is 0 Å². The zero-order chi connectivity index (χ0) is 10.9. The molecule has 1 aliphatic carbocycles. The van der Waals surface area contributed by atoms with Crippen LogP contribution >= 0.6 is 0 Å². The van der Waals surface area contributed by atoms with Gasteiger partial charge in [-0.2, -0.15) is 0 Å². The van der Waals surface area contributed by atoms with E-state index in [1.165, 1.54) is 38.5 Å². The Morgan fingerprint density at radius 3 is 2.73 bits per heavy atom. The molecule has 0 radical (unpaired) electrons. The minimum absolute atomic E-state index is 0.744. The second kappa shape index (κ2) is 8.12. The lowest BCUT2D eigenvalue weighted by molar-refractivity contribution is 0.126. The Balaban J connectivity index is 1.94. The molecule has 1 fully saturated rings. The van der Waals surface area contributed by atoms with Gasteiger partial charge >= 0.3 is 0 Å². The van der Waals surface area contributed by atoms with Crippen molar-refractivity contribution in [3.05, 3.63) is 0 Å². The van der Waals surface area contributed by atoms with Gasteiger partial charge in [0.05, 0.1) is 6.61 Å². The van der Waals surface area contributed by atoms with Gasteiger partial charge in [0, 0.05) is 19.2 Å². The average Bonchev–Trinajstić information content (AvgIpc) is 2.25. The van der Waals surface area contributed by atoms with Crippen LogP contribution in [-0.4, -0.2) is 25.8 Å². The molecule has 2 heteroatoms. The van der Waals surface area contributed by atoms with Crippen molar-refractivity contribution in [3.63, 3.8) is 0 Å².